The Labute approximate surface area is 143 Å². The Bertz CT molecular complexity index is 599. The van der Waals surface area contributed by atoms with Crippen LogP contribution in [0.3, 0.4) is 0 Å². The Kier molecular flexibility index (Phi) is 5.27. The molecule has 8 heteroatoms. The summed E-state index contributed by atoms with van der Waals surface area (Å²) in [6, 6.07) is 3.33. The lowest BCUT2D eigenvalue weighted by Crippen LogP contribution is -2.46. The summed E-state index contributed by atoms with van der Waals surface area (Å²) >= 11 is 0. The van der Waals surface area contributed by atoms with Crippen LogP contribution in [0, 0.1) is 5.92 Å². The van der Waals surface area contributed by atoms with Gasteiger partial charge in [-0.25, -0.2) is 17.6 Å². The molecule has 0 saturated carbocycles. The first-order valence-electron chi connectivity index (χ1n) is 8.46. The maximum Gasteiger partial charge on any atom is 0.308 e. The van der Waals surface area contributed by atoms with Crippen molar-refractivity contribution in [3.8, 4) is 0 Å². The summed E-state index contributed by atoms with van der Waals surface area (Å²) < 4.78 is 51.2. The highest BCUT2D eigenvalue weighted by Crippen LogP contribution is 2.32. The number of nitrogens with zero attached hydrogens (tertiary/aromatic N) is 3. The molecular formula is C17H21F4N3O. The van der Waals surface area contributed by atoms with Gasteiger partial charge >= 0.3 is 12.3 Å². The minimum atomic E-state index is -3.96. The molecule has 3 aliphatic heterocycles. The average molecular weight is 359 g/mol. The number of carbonyl (C=O) groups is 1. The molecule has 0 unspecified atom stereocenters. The summed E-state index contributed by atoms with van der Waals surface area (Å²) in [7, 11) is 0. The van der Waals surface area contributed by atoms with Crippen molar-refractivity contribution in [3.05, 3.63) is 30.1 Å². The molecule has 1 aromatic heterocycles. The zero-order valence-corrected chi connectivity index (χ0v) is 13.8. The summed E-state index contributed by atoms with van der Waals surface area (Å²) in [6.07, 6.45) is 0.319. The molecule has 4 nitrogen and oxygen atoms in total. The standard InChI is InChI=1S/C17H21F4N3O/c18-16(19)17(20,21)5-7-23-9-12-3-4-14(23)11-24(10-12)15(25)13-2-1-6-22-8-13/h1-2,6,8,12,14,16H,3-5,7,9-11H2/t12-,14-/m1/s1. The SMILES string of the molecule is O=C(c1cccnc1)N1C[C@@H]2CC[C@H](C1)N(CCC(F)(F)C(F)F)C2. The molecule has 138 valence electrons. The topological polar surface area (TPSA) is 36.4 Å². The highest BCUT2D eigenvalue weighted by Gasteiger charge is 2.43. The van der Waals surface area contributed by atoms with Crippen LogP contribution in [-0.4, -0.2) is 65.3 Å². The molecule has 3 saturated heterocycles. The van der Waals surface area contributed by atoms with Crippen molar-refractivity contribution < 1.29 is 22.4 Å². The van der Waals surface area contributed by atoms with E-state index in [1.165, 1.54) is 6.20 Å². The zero-order chi connectivity index (χ0) is 18.0. The molecule has 2 bridgehead atoms. The first-order valence-corrected chi connectivity index (χ1v) is 8.46. The molecule has 0 radical (unpaired) electrons. The third-order valence-electron chi connectivity index (χ3n) is 5.07. The number of piperidine rings is 1. The highest BCUT2D eigenvalue weighted by atomic mass is 19.3. The van der Waals surface area contributed by atoms with Crippen LogP contribution in [0.5, 0.6) is 0 Å². The van der Waals surface area contributed by atoms with Crippen LogP contribution in [0.4, 0.5) is 17.6 Å². The van der Waals surface area contributed by atoms with Gasteiger partial charge in [0, 0.05) is 51.0 Å². The molecule has 25 heavy (non-hydrogen) atoms. The van der Waals surface area contributed by atoms with E-state index in [1.54, 1.807) is 23.2 Å². The molecule has 0 aliphatic carbocycles. The predicted molar refractivity (Wildman–Crippen MR) is 83.8 cm³/mol. The van der Waals surface area contributed by atoms with E-state index in [4.69, 9.17) is 0 Å². The van der Waals surface area contributed by atoms with Gasteiger partial charge in [-0.1, -0.05) is 0 Å². The smallest absolute Gasteiger partial charge is 0.308 e. The van der Waals surface area contributed by atoms with E-state index in [1.807, 2.05) is 4.90 Å². The Hall–Kier alpha value is -1.70. The first kappa shape index (κ1) is 18.1. The average Bonchev–Trinajstić information content (AvgIpc) is 2.92. The van der Waals surface area contributed by atoms with E-state index >= 15 is 0 Å². The fraction of sp³-hybridized carbons (Fsp3) is 0.647. The van der Waals surface area contributed by atoms with Crippen molar-refractivity contribution in [3.63, 3.8) is 0 Å². The first-order chi connectivity index (χ1) is 11.9. The lowest BCUT2D eigenvalue weighted by molar-refractivity contribution is -0.137. The van der Waals surface area contributed by atoms with Gasteiger partial charge in [-0.15, -0.1) is 0 Å². The second-order valence-corrected chi connectivity index (χ2v) is 6.86. The molecular weight excluding hydrogens is 338 g/mol. The number of carbonyl (C=O) groups excluding carboxylic acids is 1. The Morgan fingerprint density at radius 1 is 1.28 bits per heavy atom. The molecule has 1 amide bonds. The van der Waals surface area contributed by atoms with Crippen LogP contribution in [0.2, 0.25) is 0 Å². The minimum absolute atomic E-state index is 0.0622. The molecule has 3 fully saturated rings. The fourth-order valence-corrected chi connectivity index (χ4v) is 3.69. The number of alkyl halides is 4. The number of fused-ring (bicyclic) bond motifs is 4. The Balaban J connectivity index is 1.65. The van der Waals surface area contributed by atoms with Crippen molar-refractivity contribution in [2.45, 2.75) is 37.7 Å². The van der Waals surface area contributed by atoms with Crippen molar-refractivity contribution >= 4 is 5.91 Å². The van der Waals surface area contributed by atoms with E-state index in [0.717, 1.165) is 12.8 Å². The zero-order valence-electron chi connectivity index (χ0n) is 13.8. The van der Waals surface area contributed by atoms with Gasteiger partial charge in [-0.2, -0.15) is 0 Å². The maximum absolute atomic E-state index is 13.2. The summed E-state index contributed by atoms with van der Waals surface area (Å²) in [5, 5.41) is 0. The number of hydrogen-bond donors (Lipinski definition) is 0. The number of aromatic nitrogens is 1. The van der Waals surface area contributed by atoms with Crippen molar-refractivity contribution in [1.82, 2.24) is 14.8 Å². The maximum atomic E-state index is 13.2. The van der Waals surface area contributed by atoms with Gasteiger partial charge in [-0.3, -0.25) is 14.7 Å². The van der Waals surface area contributed by atoms with E-state index in [-0.39, 0.29) is 24.4 Å². The monoisotopic (exact) mass is 359 g/mol. The van der Waals surface area contributed by atoms with Gasteiger partial charge in [0.1, 0.15) is 0 Å². The van der Waals surface area contributed by atoms with Gasteiger partial charge < -0.3 is 4.90 Å². The second kappa shape index (κ2) is 7.27. The van der Waals surface area contributed by atoms with Gasteiger partial charge in [0.2, 0.25) is 0 Å². The van der Waals surface area contributed by atoms with Crippen LogP contribution >= 0.6 is 0 Å². The summed E-state index contributed by atoms with van der Waals surface area (Å²) in [6.45, 7) is 1.49. The Morgan fingerprint density at radius 2 is 2.08 bits per heavy atom. The van der Waals surface area contributed by atoms with E-state index in [0.29, 0.717) is 25.2 Å². The molecule has 3 aliphatic rings. The molecule has 4 heterocycles. The van der Waals surface area contributed by atoms with Crippen molar-refractivity contribution in [2.75, 3.05) is 26.2 Å². The molecule has 0 N–H and O–H groups in total. The summed E-state index contributed by atoms with van der Waals surface area (Å²) in [4.78, 5) is 20.2. The predicted octanol–water partition coefficient (Wildman–Crippen LogP) is 2.91. The van der Waals surface area contributed by atoms with Crippen molar-refractivity contribution in [1.29, 1.82) is 0 Å². The van der Waals surface area contributed by atoms with Crippen LogP contribution in [0.15, 0.2) is 24.5 Å². The largest absolute Gasteiger partial charge is 0.337 e. The number of hydrogen-bond acceptors (Lipinski definition) is 3. The van der Waals surface area contributed by atoms with Gasteiger partial charge in [0.15, 0.2) is 0 Å². The van der Waals surface area contributed by atoms with E-state index < -0.39 is 18.8 Å². The van der Waals surface area contributed by atoms with E-state index in [9.17, 15) is 22.4 Å². The quantitative estimate of drug-likeness (QED) is 0.759. The van der Waals surface area contributed by atoms with Gasteiger partial charge in [0.05, 0.1) is 5.56 Å². The lowest BCUT2D eigenvalue weighted by atomic mass is 9.94. The molecule has 1 aromatic rings. The molecule has 0 aromatic carbocycles. The van der Waals surface area contributed by atoms with Crippen LogP contribution in [0.1, 0.15) is 29.6 Å². The normalized spacial score (nSPS) is 24.6. The lowest BCUT2D eigenvalue weighted by Gasteiger charge is -2.36. The summed E-state index contributed by atoms with van der Waals surface area (Å²) in [5.74, 6) is -3.90. The molecule has 2 atom stereocenters. The number of pyridine rings is 1. The van der Waals surface area contributed by atoms with Crippen LogP contribution in [-0.2, 0) is 0 Å². The fourth-order valence-electron chi connectivity index (χ4n) is 3.69. The highest BCUT2D eigenvalue weighted by molar-refractivity contribution is 5.93. The van der Waals surface area contributed by atoms with Gasteiger partial charge in [0.25, 0.3) is 5.91 Å². The number of rotatable bonds is 5. The van der Waals surface area contributed by atoms with Gasteiger partial charge in [-0.05, 0) is 30.9 Å². The number of amides is 1. The molecule has 0 spiro atoms. The second-order valence-electron chi connectivity index (χ2n) is 6.86. The Morgan fingerprint density at radius 3 is 2.76 bits per heavy atom. The third-order valence-corrected chi connectivity index (χ3v) is 5.07. The third kappa shape index (κ3) is 4.11. The van der Waals surface area contributed by atoms with Crippen molar-refractivity contribution in [2.24, 2.45) is 5.92 Å². The number of halogens is 4. The minimum Gasteiger partial charge on any atom is -0.337 e. The van der Waals surface area contributed by atoms with Crippen LogP contribution in [0.25, 0.3) is 0 Å². The van der Waals surface area contributed by atoms with E-state index in [2.05, 4.69) is 4.98 Å². The van der Waals surface area contributed by atoms with Crippen LogP contribution < -0.4 is 0 Å². The molecule has 4 rings (SSSR count). The summed E-state index contributed by atoms with van der Waals surface area (Å²) in [5.41, 5.74) is 0.500.